The van der Waals surface area contributed by atoms with Crippen LogP contribution in [-0.2, 0) is 32.1 Å². The van der Waals surface area contributed by atoms with Crippen molar-refractivity contribution in [2.45, 2.75) is 26.4 Å². The number of hydrogen-bond donors (Lipinski definition) is 1. The molecule has 22 heavy (non-hydrogen) atoms. The number of esters is 1. The number of hydrogen-bond acceptors (Lipinski definition) is 4. The van der Waals surface area contributed by atoms with Crippen LogP contribution in [0.15, 0.2) is 42.5 Å². The quantitative estimate of drug-likeness (QED) is 0.493. The highest BCUT2D eigenvalue weighted by Gasteiger charge is 2.23. The van der Waals surface area contributed by atoms with Gasteiger partial charge in [-0.05, 0) is 30.0 Å². The first-order valence-electron chi connectivity index (χ1n) is 6.90. The molecule has 2 amide bonds. The van der Waals surface area contributed by atoms with Crippen LogP contribution in [-0.4, -0.2) is 17.8 Å². The van der Waals surface area contributed by atoms with Crippen LogP contribution in [0, 0.1) is 6.92 Å². The van der Waals surface area contributed by atoms with Gasteiger partial charge >= 0.3 is 5.97 Å². The minimum absolute atomic E-state index is 0.132. The van der Waals surface area contributed by atoms with Crippen molar-refractivity contribution in [3.8, 4) is 0 Å². The summed E-state index contributed by atoms with van der Waals surface area (Å²) >= 11 is 0. The Morgan fingerprint density at radius 1 is 1.36 bits per heavy atom. The van der Waals surface area contributed by atoms with Crippen LogP contribution in [0.5, 0.6) is 0 Å². The third-order valence-electron chi connectivity index (χ3n) is 3.34. The van der Waals surface area contributed by atoms with E-state index in [-0.39, 0.29) is 18.6 Å². The van der Waals surface area contributed by atoms with E-state index < -0.39 is 17.8 Å². The van der Waals surface area contributed by atoms with E-state index in [1.807, 2.05) is 31.2 Å². The minimum atomic E-state index is -0.538. The number of imide groups is 1. The highest BCUT2D eigenvalue weighted by molar-refractivity contribution is 6.17. The summed E-state index contributed by atoms with van der Waals surface area (Å²) in [6.07, 6.45) is 3.55. The Morgan fingerprint density at radius 3 is 2.73 bits per heavy atom. The predicted octanol–water partition coefficient (Wildman–Crippen LogP) is 1.74. The number of carbonyl (C=O) groups is 3. The number of rotatable bonds is 6. The van der Waals surface area contributed by atoms with Crippen LogP contribution < -0.4 is 5.32 Å². The Hall–Kier alpha value is -2.69. The molecule has 0 spiro atoms. The van der Waals surface area contributed by atoms with Gasteiger partial charge in [-0.25, -0.2) is 0 Å². The SMILES string of the molecule is C=CCc1ccc(COC(=O)CC2=CC(=O)NC2=O)cc1C. The number of benzene rings is 1. The van der Waals surface area contributed by atoms with Crippen molar-refractivity contribution in [3.05, 3.63) is 59.2 Å². The Kier molecular flexibility index (Phi) is 4.88. The van der Waals surface area contributed by atoms with Gasteiger partial charge in [0.15, 0.2) is 0 Å². The third-order valence-corrected chi connectivity index (χ3v) is 3.34. The lowest BCUT2D eigenvalue weighted by atomic mass is 10.0. The molecular formula is C17H17NO4. The number of allylic oxidation sites excluding steroid dienone is 1. The smallest absolute Gasteiger partial charge is 0.310 e. The van der Waals surface area contributed by atoms with Gasteiger partial charge in [0.2, 0.25) is 0 Å². The fraction of sp³-hybridized carbons (Fsp3) is 0.235. The normalized spacial score (nSPS) is 13.6. The molecule has 0 unspecified atom stereocenters. The summed E-state index contributed by atoms with van der Waals surface area (Å²) in [4.78, 5) is 34.0. The molecular weight excluding hydrogens is 282 g/mol. The molecule has 1 N–H and O–H groups in total. The molecule has 1 aliphatic rings. The van der Waals surface area contributed by atoms with Crippen LogP contribution in [0.1, 0.15) is 23.1 Å². The van der Waals surface area contributed by atoms with Crippen molar-refractivity contribution in [1.82, 2.24) is 5.32 Å². The third kappa shape index (κ3) is 3.91. The standard InChI is InChI=1S/C17H17NO4/c1-3-4-13-6-5-12(7-11(13)2)10-22-16(20)9-14-8-15(19)18-17(14)21/h3,5-8H,1,4,9-10H2,2H3,(H,18,19,21). The molecule has 0 aliphatic carbocycles. The number of carbonyl (C=O) groups excluding carboxylic acids is 3. The van der Waals surface area contributed by atoms with Crippen LogP contribution in [0.3, 0.4) is 0 Å². The molecule has 0 fully saturated rings. The van der Waals surface area contributed by atoms with E-state index in [1.54, 1.807) is 0 Å². The van der Waals surface area contributed by atoms with Crippen molar-refractivity contribution >= 4 is 17.8 Å². The summed E-state index contributed by atoms with van der Waals surface area (Å²) in [5, 5.41) is 2.09. The average Bonchev–Trinajstić information content (AvgIpc) is 2.77. The van der Waals surface area contributed by atoms with Gasteiger partial charge in [-0.3, -0.25) is 19.7 Å². The molecule has 114 valence electrons. The van der Waals surface area contributed by atoms with Crippen molar-refractivity contribution in [1.29, 1.82) is 0 Å². The zero-order valence-corrected chi connectivity index (χ0v) is 12.3. The van der Waals surface area contributed by atoms with E-state index in [0.29, 0.717) is 0 Å². The Morgan fingerprint density at radius 2 is 2.14 bits per heavy atom. The van der Waals surface area contributed by atoms with E-state index in [2.05, 4.69) is 11.9 Å². The van der Waals surface area contributed by atoms with Gasteiger partial charge in [-0.2, -0.15) is 0 Å². The second-order valence-corrected chi connectivity index (χ2v) is 5.08. The molecule has 1 aromatic rings. The summed E-state index contributed by atoms with van der Waals surface area (Å²) in [6.45, 7) is 5.83. The monoisotopic (exact) mass is 299 g/mol. The number of amides is 2. The molecule has 5 heteroatoms. The molecule has 0 atom stereocenters. The second-order valence-electron chi connectivity index (χ2n) is 5.08. The summed E-state index contributed by atoms with van der Waals surface area (Å²) in [5.41, 5.74) is 3.29. The lowest BCUT2D eigenvalue weighted by molar-refractivity contribution is -0.144. The molecule has 2 rings (SSSR count). The Bertz CT molecular complexity index is 673. The largest absolute Gasteiger partial charge is 0.461 e. The van der Waals surface area contributed by atoms with Crippen molar-refractivity contribution in [3.63, 3.8) is 0 Å². The van der Waals surface area contributed by atoms with Crippen molar-refractivity contribution < 1.29 is 19.1 Å². The molecule has 0 saturated heterocycles. The average molecular weight is 299 g/mol. The van der Waals surface area contributed by atoms with Crippen LogP contribution in [0.2, 0.25) is 0 Å². The van der Waals surface area contributed by atoms with E-state index in [0.717, 1.165) is 23.6 Å². The maximum absolute atomic E-state index is 11.7. The van der Waals surface area contributed by atoms with Gasteiger partial charge in [-0.15, -0.1) is 6.58 Å². The van der Waals surface area contributed by atoms with E-state index in [4.69, 9.17) is 4.74 Å². The maximum Gasteiger partial charge on any atom is 0.310 e. The second kappa shape index (κ2) is 6.85. The maximum atomic E-state index is 11.7. The fourth-order valence-corrected chi connectivity index (χ4v) is 2.19. The number of nitrogens with one attached hydrogen (secondary N) is 1. The summed E-state index contributed by atoms with van der Waals surface area (Å²) < 4.78 is 5.14. The lowest BCUT2D eigenvalue weighted by Gasteiger charge is -2.08. The highest BCUT2D eigenvalue weighted by Crippen LogP contribution is 2.14. The lowest BCUT2D eigenvalue weighted by Crippen LogP contribution is -2.23. The van der Waals surface area contributed by atoms with Gasteiger partial charge in [0, 0.05) is 11.6 Å². The predicted molar refractivity (Wildman–Crippen MR) is 80.7 cm³/mol. The zero-order valence-electron chi connectivity index (χ0n) is 12.3. The molecule has 5 nitrogen and oxygen atoms in total. The molecule has 1 heterocycles. The number of aryl methyl sites for hydroxylation is 1. The van der Waals surface area contributed by atoms with Crippen LogP contribution in [0.4, 0.5) is 0 Å². The highest BCUT2D eigenvalue weighted by atomic mass is 16.5. The minimum Gasteiger partial charge on any atom is -0.461 e. The van der Waals surface area contributed by atoms with Gasteiger partial charge < -0.3 is 4.74 Å². The summed E-state index contributed by atoms with van der Waals surface area (Å²) in [5.74, 6) is -1.57. The van der Waals surface area contributed by atoms with Crippen LogP contribution in [0.25, 0.3) is 0 Å². The van der Waals surface area contributed by atoms with E-state index >= 15 is 0 Å². The van der Waals surface area contributed by atoms with Crippen LogP contribution >= 0.6 is 0 Å². The van der Waals surface area contributed by atoms with Crippen molar-refractivity contribution in [2.24, 2.45) is 0 Å². The molecule has 1 aliphatic heterocycles. The first kappa shape index (κ1) is 15.7. The van der Waals surface area contributed by atoms with Gasteiger partial charge in [0.05, 0.1) is 6.42 Å². The first-order chi connectivity index (χ1) is 10.5. The molecule has 1 aromatic carbocycles. The summed E-state index contributed by atoms with van der Waals surface area (Å²) in [6, 6.07) is 5.83. The van der Waals surface area contributed by atoms with E-state index in [1.165, 1.54) is 5.56 Å². The zero-order chi connectivity index (χ0) is 16.1. The van der Waals surface area contributed by atoms with Crippen molar-refractivity contribution in [2.75, 3.05) is 0 Å². The fourth-order valence-electron chi connectivity index (χ4n) is 2.19. The summed E-state index contributed by atoms with van der Waals surface area (Å²) in [7, 11) is 0. The first-order valence-corrected chi connectivity index (χ1v) is 6.90. The molecule has 0 saturated carbocycles. The van der Waals surface area contributed by atoms with Gasteiger partial charge in [0.25, 0.3) is 11.8 Å². The Balaban J connectivity index is 1.90. The Labute approximate surface area is 128 Å². The molecule has 0 radical (unpaired) electrons. The molecule has 0 aromatic heterocycles. The van der Waals surface area contributed by atoms with Gasteiger partial charge in [0.1, 0.15) is 6.61 Å². The van der Waals surface area contributed by atoms with Gasteiger partial charge in [-0.1, -0.05) is 24.3 Å². The van der Waals surface area contributed by atoms with E-state index in [9.17, 15) is 14.4 Å². The number of ether oxygens (including phenoxy) is 1. The molecule has 0 bridgehead atoms. The topological polar surface area (TPSA) is 72.5 Å².